The number of phenolic OH excluding ortho intramolecular Hbond substituents is 3. The molecule has 0 aliphatic carbocycles. The van der Waals surface area contributed by atoms with Crippen LogP contribution in [0.5, 0.6) is 28.7 Å². The number of benzene rings is 2. The lowest BCUT2D eigenvalue weighted by Crippen LogP contribution is -2.36. The molecule has 0 radical (unpaired) electrons. The number of rotatable bonds is 2. The maximum Gasteiger partial charge on any atom is 0.202 e. The van der Waals surface area contributed by atoms with Crippen LogP contribution in [0.4, 0.5) is 0 Å². The Hall–Kier alpha value is -2.93. The van der Waals surface area contributed by atoms with Crippen LogP contribution in [0.2, 0.25) is 0 Å². The molecule has 1 heterocycles. The number of carbonyl (C=O) groups excluding carboxylic acids is 1. The van der Waals surface area contributed by atoms with Gasteiger partial charge in [-0.2, -0.15) is 0 Å². The maximum atomic E-state index is 12.3. The maximum absolute atomic E-state index is 12.3. The van der Waals surface area contributed by atoms with E-state index in [-0.39, 0.29) is 28.4 Å². The quantitative estimate of drug-likeness (QED) is 0.620. The molecule has 0 saturated heterocycles. The van der Waals surface area contributed by atoms with Gasteiger partial charge in [-0.3, -0.25) is 4.79 Å². The summed E-state index contributed by atoms with van der Waals surface area (Å²) in [5.41, 5.74) is -0.104. The fourth-order valence-electron chi connectivity index (χ4n) is 2.53. The molecule has 2 aromatic carbocycles. The lowest BCUT2D eigenvalue weighted by Gasteiger charge is -2.30. The fraction of sp³-hybridized carbons (Fsp3) is 0.188. The van der Waals surface area contributed by atoms with Crippen molar-refractivity contribution in [3.05, 3.63) is 41.5 Å². The van der Waals surface area contributed by atoms with E-state index < -0.39 is 29.5 Å². The van der Waals surface area contributed by atoms with Crippen molar-refractivity contribution < 1.29 is 34.7 Å². The number of ether oxygens (including phenoxy) is 2. The van der Waals surface area contributed by atoms with E-state index in [2.05, 4.69) is 0 Å². The van der Waals surface area contributed by atoms with Crippen LogP contribution in [0.25, 0.3) is 0 Å². The summed E-state index contributed by atoms with van der Waals surface area (Å²) in [7, 11) is 1.39. The Morgan fingerprint density at radius 1 is 1.13 bits per heavy atom. The van der Waals surface area contributed by atoms with Gasteiger partial charge in [0, 0.05) is 17.7 Å². The number of aliphatic hydroxyl groups is 1. The Balaban J connectivity index is 2.12. The van der Waals surface area contributed by atoms with Crippen LogP contribution in [0, 0.1) is 0 Å². The lowest BCUT2D eigenvalue weighted by molar-refractivity contribution is 0.0202. The van der Waals surface area contributed by atoms with Gasteiger partial charge >= 0.3 is 0 Å². The number of fused-ring (bicyclic) bond motifs is 1. The summed E-state index contributed by atoms with van der Waals surface area (Å²) in [5.74, 6) is -1.72. The zero-order chi connectivity index (χ0) is 16.7. The van der Waals surface area contributed by atoms with Crippen molar-refractivity contribution >= 4 is 5.78 Å². The molecular formula is C16H14O7. The van der Waals surface area contributed by atoms with Crippen LogP contribution in [-0.2, 0) is 0 Å². The standard InChI is InChI=1S/C16H14O7/c1-22-7-5-10(18)12-11(6-7)23-16(15(21)14(12)20)8-3-2-4-9(17)13(8)19/h2-6,15-19,21H,1H3/t15-,16+/m0/s1. The van der Waals surface area contributed by atoms with Gasteiger partial charge in [0.15, 0.2) is 23.7 Å². The number of hydrogen-bond donors (Lipinski definition) is 4. The molecule has 0 fully saturated rings. The molecule has 1 aliphatic rings. The van der Waals surface area contributed by atoms with E-state index >= 15 is 0 Å². The second-order valence-electron chi connectivity index (χ2n) is 5.08. The summed E-state index contributed by atoms with van der Waals surface area (Å²) in [5, 5.41) is 39.6. The van der Waals surface area contributed by atoms with Crippen molar-refractivity contribution in [2.75, 3.05) is 7.11 Å². The first kappa shape index (κ1) is 15.0. The third kappa shape index (κ3) is 2.31. The van der Waals surface area contributed by atoms with Crippen molar-refractivity contribution in [1.29, 1.82) is 0 Å². The number of ketones is 1. The Morgan fingerprint density at radius 3 is 2.57 bits per heavy atom. The van der Waals surface area contributed by atoms with Gasteiger partial charge in [0.2, 0.25) is 5.78 Å². The van der Waals surface area contributed by atoms with E-state index in [1.165, 1.54) is 37.4 Å². The van der Waals surface area contributed by atoms with Gasteiger partial charge in [-0.1, -0.05) is 12.1 Å². The molecule has 0 amide bonds. The van der Waals surface area contributed by atoms with Gasteiger partial charge in [-0.05, 0) is 6.07 Å². The van der Waals surface area contributed by atoms with Crippen molar-refractivity contribution in [3.63, 3.8) is 0 Å². The number of phenols is 3. The average Bonchev–Trinajstić information content (AvgIpc) is 2.53. The number of methoxy groups -OCH3 is 1. The van der Waals surface area contributed by atoms with Crippen LogP contribution in [0.1, 0.15) is 22.0 Å². The minimum Gasteiger partial charge on any atom is -0.507 e. The number of hydrogen-bond acceptors (Lipinski definition) is 7. The van der Waals surface area contributed by atoms with Crippen LogP contribution >= 0.6 is 0 Å². The lowest BCUT2D eigenvalue weighted by atomic mass is 9.92. The topological polar surface area (TPSA) is 116 Å². The van der Waals surface area contributed by atoms with E-state index in [0.29, 0.717) is 0 Å². The molecule has 120 valence electrons. The predicted octanol–water partition coefficient (Wildman–Crippen LogP) is 1.49. The minimum absolute atomic E-state index is 0.0184. The second-order valence-corrected chi connectivity index (χ2v) is 5.08. The van der Waals surface area contributed by atoms with Crippen LogP contribution in [-0.4, -0.2) is 39.4 Å². The smallest absolute Gasteiger partial charge is 0.202 e. The average molecular weight is 318 g/mol. The van der Waals surface area contributed by atoms with Crippen LogP contribution in [0.15, 0.2) is 30.3 Å². The zero-order valence-corrected chi connectivity index (χ0v) is 12.1. The predicted molar refractivity (Wildman–Crippen MR) is 78.1 cm³/mol. The molecule has 7 heteroatoms. The van der Waals surface area contributed by atoms with E-state index in [4.69, 9.17) is 9.47 Å². The van der Waals surface area contributed by atoms with Crippen molar-refractivity contribution in [3.8, 4) is 28.7 Å². The van der Waals surface area contributed by atoms with Crippen molar-refractivity contribution in [1.82, 2.24) is 0 Å². The third-order valence-corrected chi connectivity index (χ3v) is 3.70. The van der Waals surface area contributed by atoms with Gasteiger partial charge in [-0.15, -0.1) is 0 Å². The first-order valence-corrected chi connectivity index (χ1v) is 6.74. The third-order valence-electron chi connectivity index (χ3n) is 3.70. The molecule has 2 aromatic rings. The summed E-state index contributed by atoms with van der Waals surface area (Å²) in [6.45, 7) is 0. The Labute approximate surface area is 131 Å². The van der Waals surface area contributed by atoms with E-state index in [1.807, 2.05) is 0 Å². The van der Waals surface area contributed by atoms with Gasteiger partial charge in [-0.25, -0.2) is 0 Å². The highest BCUT2D eigenvalue weighted by atomic mass is 16.5. The molecule has 4 N–H and O–H groups in total. The summed E-state index contributed by atoms with van der Waals surface area (Å²) >= 11 is 0. The van der Waals surface area contributed by atoms with E-state index in [0.717, 1.165) is 0 Å². The van der Waals surface area contributed by atoms with Crippen LogP contribution in [0.3, 0.4) is 0 Å². The molecule has 0 bridgehead atoms. The first-order chi connectivity index (χ1) is 10.9. The Bertz CT molecular complexity index is 784. The van der Waals surface area contributed by atoms with E-state index in [9.17, 15) is 25.2 Å². The molecule has 0 unspecified atom stereocenters. The van der Waals surface area contributed by atoms with Crippen molar-refractivity contribution in [2.24, 2.45) is 0 Å². The SMILES string of the molecule is COc1cc(O)c2c(c1)O[C@H](c1cccc(O)c1O)[C@@H](O)C2=O. The summed E-state index contributed by atoms with van der Waals surface area (Å²) < 4.78 is 10.6. The summed E-state index contributed by atoms with van der Waals surface area (Å²) in [6, 6.07) is 6.76. The molecule has 0 saturated carbocycles. The number of aromatic hydroxyl groups is 3. The fourth-order valence-corrected chi connectivity index (χ4v) is 2.53. The Kier molecular flexibility index (Phi) is 3.49. The highest BCUT2D eigenvalue weighted by Crippen LogP contribution is 2.44. The van der Waals surface area contributed by atoms with Gasteiger partial charge in [0.05, 0.1) is 7.11 Å². The monoisotopic (exact) mass is 318 g/mol. The number of carbonyl (C=O) groups is 1. The molecule has 7 nitrogen and oxygen atoms in total. The largest absolute Gasteiger partial charge is 0.507 e. The molecule has 0 spiro atoms. The summed E-state index contributed by atoms with van der Waals surface area (Å²) in [6.07, 6.45) is -2.87. The van der Waals surface area contributed by atoms with Gasteiger partial charge in [0.25, 0.3) is 0 Å². The highest BCUT2D eigenvalue weighted by molar-refractivity contribution is 6.05. The number of Topliss-reactive ketones (excluding diaryl/α,β-unsaturated/α-hetero) is 1. The number of para-hydroxylation sites is 1. The number of aliphatic hydroxyl groups excluding tert-OH is 1. The molecule has 3 rings (SSSR count). The molecule has 0 aromatic heterocycles. The first-order valence-electron chi connectivity index (χ1n) is 6.74. The summed E-state index contributed by atoms with van der Waals surface area (Å²) in [4.78, 5) is 12.3. The van der Waals surface area contributed by atoms with Gasteiger partial charge < -0.3 is 29.9 Å². The van der Waals surface area contributed by atoms with E-state index in [1.54, 1.807) is 0 Å². The minimum atomic E-state index is -1.64. The highest BCUT2D eigenvalue weighted by Gasteiger charge is 2.40. The van der Waals surface area contributed by atoms with Crippen LogP contribution < -0.4 is 9.47 Å². The van der Waals surface area contributed by atoms with Gasteiger partial charge in [0.1, 0.15) is 22.8 Å². The van der Waals surface area contributed by atoms with Crippen molar-refractivity contribution in [2.45, 2.75) is 12.2 Å². The second kappa shape index (κ2) is 5.36. The molecule has 2 atom stereocenters. The molecular weight excluding hydrogens is 304 g/mol. The normalized spacial score (nSPS) is 19.8. The molecule has 23 heavy (non-hydrogen) atoms. The Morgan fingerprint density at radius 2 is 1.87 bits per heavy atom. The zero-order valence-electron chi connectivity index (χ0n) is 12.1. The molecule has 1 aliphatic heterocycles.